The average molecular weight is 245 g/mol. The van der Waals surface area contributed by atoms with Gasteiger partial charge in [0, 0.05) is 5.56 Å². The van der Waals surface area contributed by atoms with Crippen molar-refractivity contribution in [2.45, 2.75) is 38.2 Å². The van der Waals surface area contributed by atoms with Gasteiger partial charge in [-0.2, -0.15) is 0 Å². The first kappa shape index (κ1) is 11.3. The summed E-state index contributed by atoms with van der Waals surface area (Å²) < 4.78 is 5.90. The lowest BCUT2D eigenvalue weighted by Crippen LogP contribution is -2.48. The van der Waals surface area contributed by atoms with E-state index < -0.39 is 5.60 Å². The molecule has 0 bridgehead atoms. The predicted octanol–water partition coefficient (Wildman–Crippen LogP) is 2.53. The summed E-state index contributed by atoms with van der Waals surface area (Å²) in [5.41, 5.74) is 0.510. The molecule has 1 saturated carbocycles. The average Bonchev–Trinajstić information content (AvgIpc) is 2.79. The van der Waals surface area contributed by atoms with Crippen LogP contribution in [0.2, 0.25) is 0 Å². The zero-order chi connectivity index (χ0) is 12.8. The van der Waals surface area contributed by atoms with Gasteiger partial charge in [-0.3, -0.25) is 9.59 Å². The van der Waals surface area contributed by atoms with E-state index in [0.717, 1.165) is 25.7 Å². The first-order valence-corrected chi connectivity index (χ1v) is 6.26. The lowest BCUT2D eigenvalue weighted by Gasteiger charge is -2.34. The summed E-state index contributed by atoms with van der Waals surface area (Å²) in [6, 6.07) is 5.18. The highest BCUT2D eigenvalue weighted by Gasteiger charge is 2.46. The number of carbonyl (C=O) groups excluding carboxylic acids is 2. The fourth-order valence-corrected chi connectivity index (χ4v) is 2.70. The van der Waals surface area contributed by atoms with Crippen LogP contribution in [0.3, 0.4) is 0 Å². The van der Waals surface area contributed by atoms with E-state index in [-0.39, 0.29) is 11.7 Å². The first-order chi connectivity index (χ1) is 8.61. The standard InChI is InChI=1S/C14H15NO3/c1-9(16)10-4-5-12-11(8-10)15-13(17)14(18-12)6-2-3-7-14/h4-5,8H,2-3,6-7H2,1H3,(H,15,17). The molecule has 1 spiro atoms. The molecule has 4 heteroatoms. The van der Waals surface area contributed by atoms with Crippen molar-refractivity contribution in [2.24, 2.45) is 0 Å². The predicted molar refractivity (Wildman–Crippen MR) is 66.9 cm³/mol. The Hall–Kier alpha value is -1.84. The molecule has 0 radical (unpaired) electrons. The molecular formula is C14H15NO3. The van der Waals surface area contributed by atoms with Crippen molar-refractivity contribution in [3.8, 4) is 5.75 Å². The summed E-state index contributed by atoms with van der Waals surface area (Å²) >= 11 is 0. The van der Waals surface area contributed by atoms with Gasteiger partial charge in [0.15, 0.2) is 11.4 Å². The van der Waals surface area contributed by atoms with Crippen LogP contribution in [-0.2, 0) is 4.79 Å². The van der Waals surface area contributed by atoms with Crippen molar-refractivity contribution in [1.29, 1.82) is 0 Å². The minimum absolute atomic E-state index is 0.0202. The lowest BCUT2D eigenvalue weighted by molar-refractivity contribution is -0.131. The molecule has 1 N–H and O–H groups in total. The van der Waals surface area contributed by atoms with Crippen LogP contribution in [0.15, 0.2) is 18.2 Å². The SMILES string of the molecule is CC(=O)c1ccc2c(c1)NC(=O)C1(CCCC1)O2. The number of ketones is 1. The Bertz CT molecular complexity index is 530. The van der Waals surface area contributed by atoms with Gasteiger partial charge in [0.25, 0.3) is 5.91 Å². The number of carbonyl (C=O) groups is 2. The van der Waals surface area contributed by atoms with Crippen molar-refractivity contribution in [3.63, 3.8) is 0 Å². The Morgan fingerprint density at radius 3 is 2.72 bits per heavy atom. The molecule has 4 nitrogen and oxygen atoms in total. The summed E-state index contributed by atoms with van der Waals surface area (Å²) in [6.07, 6.45) is 3.59. The van der Waals surface area contributed by atoms with Gasteiger partial charge in [0.05, 0.1) is 5.69 Å². The van der Waals surface area contributed by atoms with Gasteiger partial charge in [-0.1, -0.05) is 0 Å². The summed E-state index contributed by atoms with van der Waals surface area (Å²) in [6.45, 7) is 1.51. The maximum absolute atomic E-state index is 12.1. The van der Waals surface area contributed by atoms with E-state index in [1.54, 1.807) is 18.2 Å². The van der Waals surface area contributed by atoms with E-state index in [1.165, 1.54) is 6.92 Å². The molecule has 0 aromatic heterocycles. The molecule has 1 aliphatic carbocycles. The van der Waals surface area contributed by atoms with Crippen molar-refractivity contribution >= 4 is 17.4 Å². The molecule has 94 valence electrons. The molecule has 2 aliphatic rings. The van der Waals surface area contributed by atoms with Crippen molar-refractivity contribution in [2.75, 3.05) is 5.32 Å². The van der Waals surface area contributed by atoms with Crippen molar-refractivity contribution < 1.29 is 14.3 Å². The number of nitrogens with one attached hydrogen (secondary N) is 1. The highest BCUT2D eigenvalue weighted by molar-refractivity contribution is 6.03. The van der Waals surface area contributed by atoms with Crippen molar-refractivity contribution in [3.05, 3.63) is 23.8 Å². The highest BCUT2D eigenvalue weighted by atomic mass is 16.5. The van der Waals surface area contributed by atoms with Crippen LogP contribution in [0.5, 0.6) is 5.75 Å². The van der Waals surface area contributed by atoms with Crippen LogP contribution in [-0.4, -0.2) is 17.3 Å². The van der Waals surface area contributed by atoms with Gasteiger partial charge in [-0.15, -0.1) is 0 Å². The molecule has 1 heterocycles. The van der Waals surface area contributed by atoms with E-state index in [1.807, 2.05) is 0 Å². The second kappa shape index (κ2) is 3.83. The van der Waals surface area contributed by atoms with Crippen molar-refractivity contribution in [1.82, 2.24) is 0 Å². The number of fused-ring (bicyclic) bond motifs is 1. The van der Waals surface area contributed by atoms with E-state index in [2.05, 4.69) is 5.32 Å². The Morgan fingerprint density at radius 1 is 1.33 bits per heavy atom. The van der Waals surface area contributed by atoms with Crippen LogP contribution in [0, 0.1) is 0 Å². The minimum Gasteiger partial charge on any atom is -0.475 e. The fourth-order valence-electron chi connectivity index (χ4n) is 2.70. The first-order valence-electron chi connectivity index (χ1n) is 6.26. The van der Waals surface area contributed by atoms with E-state index in [9.17, 15) is 9.59 Å². The van der Waals surface area contributed by atoms with E-state index in [4.69, 9.17) is 4.74 Å². The number of hydrogen-bond donors (Lipinski definition) is 1. The maximum Gasteiger partial charge on any atom is 0.268 e. The molecule has 3 rings (SSSR count). The second-order valence-corrected chi connectivity index (χ2v) is 5.02. The monoisotopic (exact) mass is 245 g/mol. The van der Waals surface area contributed by atoms with E-state index >= 15 is 0 Å². The lowest BCUT2D eigenvalue weighted by atomic mass is 9.98. The number of rotatable bonds is 1. The molecule has 0 unspecified atom stereocenters. The topological polar surface area (TPSA) is 55.4 Å². The zero-order valence-electron chi connectivity index (χ0n) is 10.3. The molecule has 18 heavy (non-hydrogen) atoms. The smallest absolute Gasteiger partial charge is 0.268 e. The number of hydrogen-bond acceptors (Lipinski definition) is 3. The van der Waals surface area contributed by atoms with Gasteiger partial charge in [0.2, 0.25) is 0 Å². The van der Waals surface area contributed by atoms with Crippen LogP contribution in [0.1, 0.15) is 43.0 Å². The zero-order valence-corrected chi connectivity index (χ0v) is 10.3. The normalized spacial score (nSPS) is 20.2. The Morgan fingerprint density at radius 2 is 2.06 bits per heavy atom. The van der Waals surface area contributed by atoms with Gasteiger partial charge >= 0.3 is 0 Å². The molecular weight excluding hydrogens is 230 g/mol. The number of amides is 1. The molecule has 1 fully saturated rings. The van der Waals surface area contributed by atoms with Crippen LogP contribution >= 0.6 is 0 Å². The molecule has 0 saturated heterocycles. The summed E-state index contributed by atoms with van der Waals surface area (Å²) in [5.74, 6) is 0.572. The minimum atomic E-state index is -0.676. The third kappa shape index (κ3) is 1.60. The Kier molecular flexibility index (Phi) is 2.40. The van der Waals surface area contributed by atoms with Crippen LogP contribution in [0.25, 0.3) is 0 Å². The van der Waals surface area contributed by atoms with E-state index in [0.29, 0.717) is 17.0 Å². The largest absolute Gasteiger partial charge is 0.475 e. The summed E-state index contributed by atoms with van der Waals surface area (Å²) in [4.78, 5) is 23.5. The molecule has 1 amide bonds. The third-order valence-corrected chi connectivity index (χ3v) is 3.76. The van der Waals surface area contributed by atoms with Gasteiger partial charge in [-0.05, 0) is 50.8 Å². The quantitative estimate of drug-likeness (QED) is 0.773. The summed E-state index contributed by atoms with van der Waals surface area (Å²) in [7, 11) is 0. The third-order valence-electron chi connectivity index (χ3n) is 3.76. The molecule has 1 aromatic rings. The van der Waals surface area contributed by atoms with Crippen LogP contribution < -0.4 is 10.1 Å². The number of anilines is 1. The Balaban J connectivity index is 1.99. The van der Waals surface area contributed by atoms with Gasteiger partial charge in [-0.25, -0.2) is 0 Å². The fraction of sp³-hybridized carbons (Fsp3) is 0.429. The van der Waals surface area contributed by atoms with Gasteiger partial charge in [0.1, 0.15) is 5.75 Å². The molecule has 1 aliphatic heterocycles. The van der Waals surface area contributed by atoms with Gasteiger partial charge < -0.3 is 10.1 Å². The number of Topliss-reactive ketones (excluding diaryl/α,β-unsaturated/α-hetero) is 1. The number of ether oxygens (including phenoxy) is 1. The maximum atomic E-state index is 12.1. The highest BCUT2D eigenvalue weighted by Crippen LogP contribution is 2.42. The Labute approximate surface area is 105 Å². The molecule has 0 atom stereocenters. The summed E-state index contributed by atoms with van der Waals surface area (Å²) in [5, 5.41) is 2.87. The van der Waals surface area contributed by atoms with Crippen LogP contribution in [0.4, 0.5) is 5.69 Å². The number of benzene rings is 1. The second-order valence-electron chi connectivity index (χ2n) is 5.02. The molecule has 1 aromatic carbocycles.